The first-order valence-corrected chi connectivity index (χ1v) is 6.35. The summed E-state index contributed by atoms with van der Waals surface area (Å²) in [6.07, 6.45) is 5.45. The largest absolute Gasteiger partial charge is 0.480 e. The predicted octanol–water partition coefficient (Wildman–Crippen LogP) is -0.139. The van der Waals surface area contributed by atoms with E-state index in [4.69, 9.17) is 10.2 Å². The first-order valence-electron chi connectivity index (χ1n) is 6.35. The molecule has 0 radical (unpaired) electrons. The van der Waals surface area contributed by atoms with Gasteiger partial charge in [0.15, 0.2) is 0 Å². The molecule has 0 aliphatic heterocycles. The SMILES string of the molecule is CNC1(CC(=O)NC(CO)C(=O)O)CCCCC1. The summed E-state index contributed by atoms with van der Waals surface area (Å²) < 4.78 is 0. The van der Waals surface area contributed by atoms with E-state index in [0.717, 1.165) is 25.7 Å². The topological polar surface area (TPSA) is 98.7 Å². The lowest BCUT2D eigenvalue weighted by atomic mass is 9.79. The van der Waals surface area contributed by atoms with E-state index in [2.05, 4.69) is 10.6 Å². The fraction of sp³-hybridized carbons (Fsp3) is 0.833. The maximum Gasteiger partial charge on any atom is 0.328 e. The number of carbonyl (C=O) groups excluding carboxylic acids is 1. The van der Waals surface area contributed by atoms with Crippen LogP contribution in [0.1, 0.15) is 38.5 Å². The molecule has 18 heavy (non-hydrogen) atoms. The number of carboxylic acid groups (broad SMARTS) is 1. The third-order valence-electron chi connectivity index (χ3n) is 3.66. The fourth-order valence-electron chi connectivity index (χ4n) is 2.48. The molecule has 0 aromatic carbocycles. The van der Waals surface area contributed by atoms with Crippen molar-refractivity contribution in [1.82, 2.24) is 10.6 Å². The summed E-state index contributed by atoms with van der Waals surface area (Å²) in [5.41, 5.74) is -0.221. The van der Waals surface area contributed by atoms with Crippen LogP contribution < -0.4 is 10.6 Å². The Balaban J connectivity index is 2.54. The zero-order valence-electron chi connectivity index (χ0n) is 10.7. The molecule has 1 fully saturated rings. The number of aliphatic hydroxyl groups excluding tert-OH is 1. The molecule has 1 aliphatic rings. The van der Waals surface area contributed by atoms with Gasteiger partial charge in [-0.15, -0.1) is 0 Å². The third kappa shape index (κ3) is 3.96. The number of nitrogens with one attached hydrogen (secondary N) is 2. The molecule has 1 rings (SSSR count). The van der Waals surface area contributed by atoms with Crippen LogP contribution in [0.15, 0.2) is 0 Å². The van der Waals surface area contributed by atoms with Crippen LogP contribution in [0, 0.1) is 0 Å². The highest BCUT2D eigenvalue weighted by Crippen LogP contribution is 2.30. The van der Waals surface area contributed by atoms with E-state index in [1.165, 1.54) is 6.42 Å². The Morgan fingerprint density at radius 2 is 1.89 bits per heavy atom. The summed E-state index contributed by atoms with van der Waals surface area (Å²) in [7, 11) is 1.83. The van der Waals surface area contributed by atoms with Crippen molar-refractivity contribution in [2.24, 2.45) is 0 Å². The minimum atomic E-state index is -1.21. The lowest BCUT2D eigenvalue weighted by Crippen LogP contribution is -2.51. The van der Waals surface area contributed by atoms with Crippen LogP contribution in [0.5, 0.6) is 0 Å². The number of carbonyl (C=O) groups is 2. The third-order valence-corrected chi connectivity index (χ3v) is 3.66. The Bertz CT molecular complexity index is 300. The lowest BCUT2D eigenvalue weighted by molar-refractivity contribution is -0.143. The Kier molecular flexibility index (Phi) is 5.55. The smallest absolute Gasteiger partial charge is 0.328 e. The normalized spacial score (nSPS) is 20.1. The second-order valence-corrected chi connectivity index (χ2v) is 4.91. The standard InChI is InChI=1S/C12H22N2O4/c1-13-12(5-3-2-4-6-12)7-10(16)14-9(8-15)11(17)18/h9,13,15H,2-8H2,1H3,(H,14,16)(H,17,18). The first-order chi connectivity index (χ1) is 8.53. The first kappa shape index (κ1) is 14.9. The molecule has 4 N–H and O–H groups in total. The number of aliphatic carboxylic acids is 1. The Labute approximate surface area is 107 Å². The van der Waals surface area contributed by atoms with Crippen LogP contribution in [0.25, 0.3) is 0 Å². The maximum atomic E-state index is 11.8. The van der Waals surface area contributed by atoms with Crippen molar-refractivity contribution in [1.29, 1.82) is 0 Å². The van der Waals surface area contributed by atoms with Gasteiger partial charge in [-0.25, -0.2) is 4.79 Å². The van der Waals surface area contributed by atoms with Crippen LogP contribution in [0.4, 0.5) is 0 Å². The second-order valence-electron chi connectivity index (χ2n) is 4.91. The minimum Gasteiger partial charge on any atom is -0.480 e. The van der Waals surface area contributed by atoms with E-state index in [1.54, 1.807) is 0 Å². The van der Waals surface area contributed by atoms with Crippen LogP contribution in [0.3, 0.4) is 0 Å². The van der Waals surface area contributed by atoms with Gasteiger partial charge in [-0.1, -0.05) is 19.3 Å². The molecule has 0 aromatic heterocycles. The summed E-state index contributed by atoms with van der Waals surface area (Å²) in [6.45, 7) is -0.590. The molecular weight excluding hydrogens is 236 g/mol. The Morgan fingerprint density at radius 1 is 1.28 bits per heavy atom. The van der Waals surface area contributed by atoms with E-state index in [0.29, 0.717) is 0 Å². The number of aliphatic hydroxyl groups is 1. The molecule has 1 saturated carbocycles. The van der Waals surface area contributed by atoms with Gasteiger partial charge in [-0.05, 0) is 19.9 Å². The van der Waals surface area contributed by atoms with Crippen LogP contribution >= 0.6 is 0 Å². The molecule has 0 bridgehead atoms. The van der Waals surface area contributed by atoms with Crippen molar-refractivity contribution in [3.05, 3.63) is 0 Å². The Morgan fingerprint density at radius 3 is 2.33 bits per heavy atom. The molecule has 1 unspecified atom stereocenters. The molecule has 6 heteroatoms. The molecule has 0 spiro atoms. The lowest BCUT2D eigenvalue weighted by Gasteiger charge is -2.36. The highest BCUT2D eigenvalue weighted by atomic mass is 16.4. The van der Waals surface area contributed by atoms with Gasteiger partial charge < -0.3 is 20.8 Å². The number of hydrogen-bond donors (Lipinski definition) is 4. The molecular formula is C12H22N2O4. The molecule has 0 aromatic rings. The number of hydrogen-bond acceptors (Lipinski definition) is 4. The van der Waals surface area contributed by atoms with E-state index in [-0.39, 0.29) is 17.9 Å². The van der Waals surface area contributed by atoms with Crippen molar-refractivity contribution in [2.45, 2.75) is 50.1 Å². The zero-order valence-corrected chi connectivity index (χ0v) is 10.7. The van der Waals surface area contributed by atoms with E-state index < -0.39 is 18.6 Å². The van der Waals surface area contributed by atoms with Crippen molar-refractivity contribution in [3.63, 3.8) is 0 Å². The highest BCUT2D eigenvalue weighted by Gasteiger charge is 2.33. The van der Waals surface area contributed by atoms with Gasteiger partial charge in [0.05, 0.1) is 6.61 Å². The average Bonchev–Trinajstić information content (AvgIpc) is 2.36. The van der Waals surface area contributed by atoms with Gasteiger partial charge in [-0.3, -0.25) is 4.79 Å². The molecule has 1 aliphatic carbocycles. The van der Waals surface area contributed by atoms with Gasteiger partial charge in [0.25, 0.3) is 0 Å². The average molecular weight is 258 g/mol. The van der Waals surface area contributed by atoms with E-state index in [1.807, 2.05) is 7.05 Å². The number of carboxylic acids is 1. The van der Waals surface area contributed by atoms with Crippen molar-refractivity contribution in [3.8, 4) is 0 Å². The molecule has 104 valence electrons. The van der Waals surface area contributed by atoms with Crippen LogP contribution in [-0.4, -0.2) is 47.3 Å². The van der Waals surface area contributed by atoms with Crippen molar-refractivity contribution >= 4 is 11.9 Å². The van der Waals surface area contributed by atoms with Gasteiger partial charge >= 0.3 is 5.97 Å². The van der Waals surface area contributed by atoms with Gasteiger partial charge in [0.1, 0.15) is 6.04 Å². The zero-order chi connectivity index (χ0) is 13.6. The maximum absolute atomic E-state index is 11.8. The summed E-state index contributed by atoms with van der Waals surface area (Å²) in [5, 5.41) is 23.2. The Hall–Kier alpha value is -1.14. The second kappa shape index (κ2) is 6.70. The quantitative estimate of drug-likeness (QED) is 0.531. The fourth-order valence-corrected chi connectivity index (χ4v) is 2.48. The van der Waals surface area contributed by atoms with Crippen molar-refractivity contribution in [2.75, 3.05) is 13.7 Å². The molecule has 0 heterocycles. The van der Waals surface area contributed by atoms with Crippen LogP contribution in [-0.2, 0) is 9.59 Å². The predicted molar refractivity (Wildman–Crippen MR) is 66.1 cm³/mol. The summed E-state index contributed by atoms with van der Waals surface area (Å²) in [4.78, 5) is 22.5. The number of amides is 1. The van der Waals surface area contributed by atoms with E-state index in [9.17, 15) is 9.59 Å². The monoisotopic (exact) mass is 258 g/mol. The molecule has 1 amide bonds. The summed E-state index contributed by atoms with van der Waals surface area (Å²) in [5.74, 6) is -1.54. The summed E-state index contributed by atoms with van der Waals surface area (Å²) >= 11 is 0. The molecule has 1 atom stereocenters. The van der Waals surface area contributed by atoms with E-state index >= 15 is 0 Å². The van der Waals surface area contributed by atoms with Gasteiger partial charge in [-0.2, -0.15) is 0 Å². The molecule has 0 saturated heterocycles. The minimum absolute atomic E-state index is 0.221. The van der Waals surface area contributed by atoms with Gasteiger partial charge in [0.2, 0.25) is 5.91 Å². The van der Waals surface area contributed by atoms with Crippen LogP contribution in [0.2, 0.25) is 0 Å². The molecule has 6 nitrogen and oxygen atoms in total. The van der Waals surface area contributed by atoms with Gasteiger partial charge in [0, 0.05) is 12.0 Å². The number of rotatable bonds is 6. The van der Waals surface area contributed by atoms with Crippen molar-refractivity contribution < 1.29 is 19.8 Å². The highest BCUT2D eigenvalue weighted by molar-refractivity contribution is 5.84. The summed E-state index contributed by atoms with van der Waals surface area (Å²) in [6, 6.07) is -1.21.